The van der Waals surface area contributed by atoms with Crippen LogP contribution in [0.4, 0.5) is 0 Å². The zero-order valence-electron chi connectivity index (χ0n) is 11.2. The third-order valence-corrected chi connectivity index (χ3v) is 3.91. The van der Waals surface area contributed by atoms with E-state index in [0.29, 0.717) is 5.92 Å². The molecule has 17 heavy (non-hydrogen) atoms. The van der Waals surface area contributed by atoms with Gasteiger partial charge in [-0.15, -0.1) is 0 Å². The van der Waals surface area contributed by atoms with Crippen LogP contribution in [0.25, 0.3) is 0 Å². The molecule has 0 bridgehead atoms. The standard InChI is InChI=1S/C16H24O/c1-16(2,3)15-7-5-4-6-14(15)12-8-10-13(17)11-9-12/h4-7,12-13,17H,8-11H2,1-3H3/t12-,13-. The molecule has 1 aliphatic rings. The molecule has 1 fully saturated rings. The first-order chi connectivity index (χ1) is 7.98. The highest BCUT2D eigenvalue weighted by atomic mass is 16.3. The Balaban J connectivity index is 2.26. The predicted octanol–water partition coefficient (Wildman–Crippen LogP) is 4.00. The molecule has 0 spiro atoms. The van der Waals surface area contributed by atoms with Gasteiger partial charge in [0.1, 0.15) is 0 Å². The van der Waals surface area contributed by atoms with Gasteiger partial charge in [-0.25, -0.2) is 0 Å². The summed E-state index contributed by atoms with van der Waals surface area (Å²) in [5, 5.41) is 9.60. The monoisotopic (exact) mass is 232 g/mol. The average Bonchev–Trinajstić information content (AvgIpc) is 2.29. The van der Waals surface area contributed by atoms with E-state index in [9.17, 15) is 5.11 Å². The second-order valence-electron chi connectivity index (χ2n) is 6.34. The van der Waals surface area contributed by atoms with Crippen molar-refractivity contribution in [2.24, 2.45) is 0 Å². The third-order valence-electron chi connectivity index (χ3n) is 3.91. The third kappa shape index (κ3) is 2.90. The molecule has 0 aromatic heterocycles. The molecule has 94 valence electrons. The van der Waals surface area contributed by atoms with Crippen LogP contribution in [0.3, 0.4) is 0 Å². The zero-order valence-corrected chi connectivity index (χ0v) is 11.2. The van der Waals surface area contributed by atoms with Crippen molar-refractivity contribution in [1.29, 1.82) is 0 Å². The van der Waals surface area contributed by atoms with Crippen LogP contribution in [0.1, 0.15) is 63.5 Å². The lowest BCUT2D eigenvalue weighted by molar-refractivity contribution is 0.122. The molecule has 0 aliphatic heterocycles. The highest BCUT2D eigenvalue weighted by Gasteiger charge is 2.25. The van der Waals surface area contributed by atoms with Crippen LogP contribution in [0.2, 0.25) is 0 Å². The average molecular weight is 232 g/mol. The first-order valence-electron chi connectivity index (χ1n) is 6.76. The summed E-state index contributed by atoms with van der Waals surface area (Å²) >= 11 is 0. The topological polar surface area (TPSA) is 20.2 Å². The van der Waals surface area contributed by atoms with Gasteiger partial charge in [0.25, 0.3) is 0 Å². The molecule has 1 N–H and O–H groups in total. The summed E-state index contributed by atoms with van der Waals surface area (Å²) in [7, 11) is 0. The second-order valence-corrected chi connectivity index (χ2v) is 6.34. The smallest absolute Gasteiger partial charge is 0.0540 e. The molecule has 1 nitrogen and oxygen atoms in total. The summed E-state index contributed by atoms with van der Waals surface area (Å²) in [4.78, 5) is 0. The minimum Gasteiger partial charge on any atom is -0.393 e. The van der Waals surface area contributed by atoms with E-state index in [4.69, 9.17) is 0 Å². The summed E-state index contributed by atoms with van der Waals surface area (Å²) < 4.78 is 0. The van der Waals surface area contributed by atoms with Gasteiger partial charge >= 0.3 is 0 Å². The predicted molar refractivity (Wildman–Crippen MR) is 72.4 cm³/mol. The van der Waals surface area contributed by atoms with Crippen molar-refractivity contribution in [1.82, 2.24) is 0 Å². The first kappa shape index (κ1) is 12.6. The van der Waals surface area contributed by atoms with Crippen LogP contribution in [0, 0.1) is 0 Å². The van der Waals surface area contributed by atoms with Crippen molar-refractivity contribution in [2.45, 2.75) is 63.9 Å². The van der Waals surface area contributed by atoms with Gasteiger partial charge in [-0.1, -0.05) is 45.0 Å². The van der Waals surface area contributed by atoms with E-state index in [1.54, 1.807) is 0 Å². The molecular formula is C16H24O. The molecule has 0 heterocycles. The normalized spacial score (nSPS) is 25.9. The summed E-state index contributed by atoms with van der Waals surface area (Å²) in [6.07, 6.45) is 4.13. The van der Waals surface area contributed by atoms with Crippen LogP contribution >= 0.6 is 0 Å². The Morgan fingerprint density at radius 1 is 1.00 bits per heavy atom. The van der Waals surface area contributed by atoms with Gasteiger partial charge in [0.05, 0.1) is 6.10 Å². The van der Waals surface area contributed by atoms with Crippen molar-refractivity contribution in [2.75, 3.05) is 0 Å². The molecule has 0 amide bonds. The van der Waals surface area contributed by atoms with Crippen molar-refractivity contribution in [3.05, 3.63) is 35.4 Å². The highest BCUT2D eigenvalue weighted by Crippen LogP contribution is 2.38. The van der Waals surface area contributed by atoms with Crippen LogP contribution in [0.15, 0.2) is 24.3 Å². The second kappa shape index (κ2) is 4.81. The number of hydrogen-bond donors (Lipinski definition) is 1. The lowest BCUT2D eigenvalue weighted by Crippen LogP contribution is -2.21. The molecule has 0 atom stereocenters. The minimum absolute atomic E-state index is 0.0620. The van der Waals surface area contributed by atoms with Gasteiger partial charge in [-0.05, 0) is 48.1 Å². The van der Waals surface area contributed by atoms with Crippen LogP contribution in [-0.4, -0.2) is 11.2 Å². The van der Waals surface area contributed by atoms with Crippen LogP contribution < -0.4 is 0 Å². The number of rotatable bonds is 1. The number of benzene rings is 1. The van der Waals surface area contributed by atoms with Crippen molar-refractivity contribution in [3.63, 3.8) is 0 Å². The van der Waals surface area contributed by atoms with E-state index in [-0.39, 0.29) is 11.5 Å². The van der Waals surface area contributed by atoms with Gasteiger partial charge in [0.2, 0.25) is 0 Å². The summed E-state index contributed by atoms with van der Waals surface area (Å²) in [6, 6.07) is 8.83. The largest absolute Gasteiger partial charge is 0.393 e. The zero-order chi connectivity index (χ0) is 12.5. The SMILES string of the molecule is CC(C)(C)c1ccccc1[C@H]1CC[C@H](O)CC1. The Labute approximate surface area is 105 Å². The van der Waals surface area contributed by atoms with Crippen LogP contribution in [0.5, 0.6) is 0 Å². The number of hydrogen-bond acceptors (Lipinski definition) is 1. The molecule has 0 radical (unpaired) electrons. The summed E-state index contributed by atoms with van der Waals surface area (Å²) in [6.45, 7) is 6.84. The lowest BCUT2D eigenvalue weighted by Gasteiger charge is -2.31. The maximum Gasteiger partial charge on any atom is 0.0540 e. The summed E-state index contributed by atoms with van der Waals surface area (Å²) in [5.74, 6) is 0.647. The Hall–Kier alpha value is -0.820. The van der Waals surface area contributed by atoms with Crippen molar-refractivity contribution < 1.29 is 5.11 Å². The molecule has 2 rings (SSSR count). The molecule has 0 saturated heterocycles. The minimum atomic E-state index is -0.0620. The van der Waals surface area contributed by atoms with E-state index in [0.717, 1.165) is 25.7 Å². The van der Waals surface area contributed by atoms with Gasteiger partial charge in [-0.3, -0.25) is 0 Å². The Morgan fingerprint density at radius 2 is 1.59 bits per heavy atom. The lowest BCUT2D eigenvalue weighted by atomic mass is 9.75. The molecule has 1 aromatic carbocycles. The van der Waals surface area contributed by atoms with Crippen LogP contribution in [-0.2, 0) is 5.41 Å². The summed E-state index contributed by atoms with van der Waals surface area (Å²) in [5.41, 5.74) is 3.19. The maximum atomic E-state index is 9.60. The highest BCUT2D eigenvalue weighted by molar-refractivity contribution is 5.35. The van der Waals surface area contributed by atoms with Gasteiger partial charge < -0.3 is 5.11 Å². The van der Waals surface area contributed by atoms with E-state index in [1.165, 1.54) is 11.1 Å². The Bertz CT molecular complexity index is 367. The molecule has 0 unspecified atom stereocenters. The Kier molecular flexibility index (Phi) is 3.58. The first-order valence-corrected chi connectivity index (χ1v) is 6.76. The van der Waals surface area contributed by atoms with Crippen molar-refractivity contribution >= 4 is 0 Å². The molecular weight excluding hydrogens is 208 g/mol. The van der Waals surface area contributed by atoms with Gasteiger partial charge in [0.15, 0.2) is 0 Å². The quantitative estimate of drug-likeness (QED) is 0.776. The van der Waals surface area contributed by atoms with Crippen molar-refractivity contribution in [3.8, 4) is 0 Å². The van der Waals surface area contributed by atoms with Gasteiger partial charge in [0, 0.05) is 0 Å². The molecule has 1 saturated carbocycles. The number of aliphatic hydroxyl groups is 1. The van der Waals surface area contributed by atoms with Gasteiger partial charge in [-0.2, -0.15) is 0 Å². The van der Waals surface area contributed by atoms with E-state index in [2.05, 4.69) is 45.0 Å². The van der Waals surface area contributed by atoms with E-state index in [1.807, 2.05) is 0 Å². The number of aliphatic hydroxyl groups excluding tert-OH is 1. The molecule has 1 aliphatic carbocycles. The molecule has 1 aromatic rings. The fourth-order valence-electron chi connectivity index (χ4n) is 2.92. The fourth-order valence-corrected chi connectivity index (χ4v) is 2.92. The maximum absolute atomic E-state index is 9.60. The molecule has 1 heteroatoms. The fraction of sp³-hybridized carbons (Fsp3) is 0.625. The van der Waals surface area contributed by atoms with E-state index >= 15 is 0 Å². The Morgan fingerprint density at radius 3 is 2.18 bits per heavy atom. The van der Waals surface area contributed by atoms with E-state index < -0.39 is 0 Å².